The first kappa shape index (κ1) is 24.4. The third-order valence-corrected chi connectivity index (χ3v) is 5.46. The van der Waals surface area contributed by atoms with Crippen LogP contribution in [-0.2, 0) is 0 Å². The summed E-state index contributed by atoms with van der Waals surface area (Å²) in [6.45, 7) is 2.54. The van der Waals surface area contributed by atoms with Crippen LogP contribution in [0.15, 0.2) is 91.0 Å². The number of ether oxygens (including phenoxy) is 4. The van der Waals surface area contributed by atoms with Crippen LogP contribution in [-0.4, -0.2) is 48.8 Å². The number of rotatable bonds is 12. The smallest absolute Gasteiger partial charge is 0.122 e. The van der Waals surface area contributed by atoms with Crippen molar-refractivity contribution < 1.29 is 29.2 Å². The molecule has 0 saturated carbocycles. The molecule has 0 aromatic heterocycles. The van der Waals surface area contributed by atoms with Gasteiger partial charge in [0.2, 0.25) is 0 Å². The van der Waals surface area contributed by atoms with Crippen LogP contribution in [0.4, 0.5) is 0 Å². The fraction of sp³-hybridized carbons (Fsp3) is 0.241. The van der Waals surface area contributed by atoms with Gasteiger partial charge < -0.3 is 29.2 Å². The zero-order chi connectivity index (χ0) is 24.5. The van der Waals surface area contributed by atoms with E-state index in [9.17, 15) is 10.2 Å². The Morgan fingerprint density at radius 2 is 1.09 bits per heavy atom. The largest absolute Gasteiger partial charge is 0.491 e. The minimum atomic E-state index is -0.752. The number of aliphatic hydroxyl groups excluding tert-OH is 2. The van der Waals surface area contributed by atoms with E-state index in [1.165, 1.54) is 0 Å². The maximum Gasteiger partial charge on any atom is 0.122 e. The summed E-state index contributed by atoms with van der Waals surface area (Å²) in [4.78, 5) is 0. The first-order valence-electron chi connectivity index (χ1n) is 11.6. The number of hydrogen-bond acceptors (Lipinski definition) is 6. The van der Waals surface area contributed by atoms with Crippen molar-refractivity contribution in [3.8, 4) is 23.0 Å². The summed E-state index contributed by atoms with van der Waals surface area (Å²) in [5, 5.41) is 22.4. The molecule has 4 aromatic carbocycles. The van der Waals surface area contributed by atoms with E-state index >= 15 is 0 Å². The summed E-state index contributed by atoms with van der Waals surface area (Å²) in [6.07, 6.45) is -1.50. The van der Waals surface area contributed by atoms with Gasteiger partial charge in [0.1, 0.15) is 61.6 Å². The van der Waals surface area contributed by atoms with Gasteiger partial charge in [0.25, 0.3) is 0 Å². The fourth-order valence-corrected chi connectivity index (χ4v) is 3.58. The van der Waals surface area contributed by atoms with E-state index < -0.39 is 12.2 Å². The van der Waals surface area contributed by atoms with Gasteiger partial charge in [0, 0.05) is 0 Å². The van der Waals surface area contributed by atoms with Crippen LogP contribution in [0.25, 0.3) is 10.8 Å². The van der Waals surface area contributed by atoms with E-state index in [-0.39, 0.29) is 26.4 Å². The Balaban J connectivity index is 1.28. The van der Waals surface area contributed by atoms with Gasteiger partial charge in [0.15, 0.2) is 0 Å². The molecule has 35 heavy (non-hydrogen) atoms. The van der Waals surface area contributed by atoms with Gasteiger partial charge in [-0.25, -0.2) is 0 Å². The second kappa shape index (κ2) is 12.1. The van der Waals surface area contributed by atoms with Gasteiger partial charge in [-0.05, 0) is 65.7 Å². The van der Waals surface area contributed by atoms with Crippen LogP contribution in [0, 0.1) is 6.92 Å². The quantitative estimate of drug-likeness (QED) is 0.308. The van der Waals surface area contributed by atoms with Crippen molar-refractivity contribution in [1.29, 1.82) is 0 Å². The van der Waals surface area contributed by atoms with Crippen molar-refractivity contribution in [2.75, 3.05) is 26.4 Å². The predicted octanol–water partition coefficient (Wildman–Crippen LogP) is 4.79. The molecule has 2 atom stereocenters. The van der Waals surface area contributed by atoms with Gasteiger partial charge in [-0.1, -0.05) is 48.5 Å². The molecule has 0 amide bonds. The van der Waals surface area contributed by atoms with Crippen LogP contribution < -0.4 is 18.9 Å². The molecule has 0 saturated heterocycles. The normalized spacial score (nSPS) is 12.7. The lowest BCUT2D eigenvalue weighted by Crippen LogP contribution is -2.25. The van der Waals surface area contributed by atoms with E-state index in [2.05, 4.69) is 0 Å². The SMILES string of the molecule is Cc1c(OCC(O)COc2ccccc2)ccc2cc(OCC(O)COc3ccccc3)ccc12. The molecule has 0 aliphatic heterocycles. The molecule has 0 fully saturated rings. The Bertz CT molecular complexity index is 1200. The van der Waals surface area contributed by atoms with Gasteiger partial charge >= 0.3 is 0 Å². The Morgan fingerprint density at radius 1 is 0.571 bits per heavy atom. The predicted molar refractivity (Wildman–Crippen MR) is 136 cm³/mol. The monoisotopic (exact) mass is 474 g/mol. The summed E-state index contributed by atoms with van der Waals surface area (Å²) < 4.78 is 22.8. The lowest BCUT2D eigenvalue weighted by atomic mass is 10.0. The van der Waals surface area contributed by atoms with Crippen molar-refractivity contribution in [3.05, 3.63) is 96.6 Å². The molecule has 6 heteroatoms. The van der Waals surface area contributed by atoms with Gasteiger partial charge in [-0.15, -0.1) is 0 Å². The molecular formula is C29H30O6. The summed E-state index contributed by atoms with van der Waals surface area (Å²) in [5.41, 5.74) is 0.974. The van der Waals surface area contributed by atoms with Crippen LogP contribution >= 0.6 is 0 Å². The van der Waals surface area contributed by atoms with Gasteiger partial charge in [0.05, 0.1) is 0 Å². The van der Waals surface area contributed by atoms with E-state index in [1.54, 1.807) is 0 Å². The highest BCUT2D eigenvalue weighted by Gasteiger charge is 2.11. The first-order valence-corrected chi connectivity index (χ1v) is 11.6. The molecule has 6 nitrogen and oxygen atoms in total. The number of benzene rings is 4. The Hall–Kier alpha value is -3.74. The fourth-order valence-electron chi connectivity index (χ4n) is 3.58. The number of aliphatic hydroxyl groups is 2. The molecule has 0 bridgehead atoms. The number of fused-ring (bicyclic) bond motifs is 1. The van der Waals surface area contributed by atoms with Crippen LogP contribution in [0.3, 0.4) is 0 Å². The zero-order valence-corrected chi connectivity index (χ0v) is 19.7. The average Bonchev–Trinajstić information content (AvgIpc) is 2.90. The second-order valence-corrected chi connectivity index (χ2v) is 8.25. The van der Waals surface area contributed by atoms with Crippen molar-refractivity contribution in [2.24, 2.45) is 0 Å². The molecule has 0 aliphatic rings. The van der Waals surface area contributed by atoms with Crippen LogP contribution in [0.1, 0.15) is 5.56 Å². The molecule has 4 aromatic rings. The van der Waals surface area contributed by atoms with Crippen LogP contribution in [0.5, 0.6) is 23.0 Å². The Kier molecular flexibility index (Phi) is 8.44. The molecule has 0 heterocycles. The van der Waals surface area contributed by atoms with E-state index in [0.29, 0.717) is 23.0 Å². The number of para-hydroxylation sites is 2. The molecule has 0 spiro atoms. The third-order valence-electron chi connectivity index (χ3n) is 5.46. The van der Waals surface area contributed by atoms with Crippen molar-refractivity contribution >= 4 is 10.8 Å². The average molecular weight is 475 g/mol. The maximum absolute atomic E-state index is 10.2. The van der Waals surface area contributed by atoms with E-state index in [1.807, 2.05) is 97.9 Å². The van der Waals surface area contributed by atoms with Gasteiger partial charge in [-0.2, -0.15) is 0 Å². The highest BCUT2D eigenvalue weighted by Crippen LogP contribution is 2.30. The molecule has 182 valence electrons. The Morgan fingerprint density at radius 3 is 1.66 bits per heavy atom. The second-order valence-electron chi connectivity index (χ2n) is 8.25. The summed E-state index contributed by atoms with van der Waals surface area (Å²) in [7, 11) is 0. The molecule has 2 N–H and O–H groups in total. The van der Waals surface area contributed by atoms with Crippen molar-refractivity contribution in [1.82, 2.24) is 0 Å². The summed E-state index contributed by atoms with van der Waals surface area (Å²) >= 11 is 0. The van der Waals surface area contributed by atoms with Crippen molar-refractivity contribution in [3.63, 3.8) is 0 Å². The number of hydrogen-bond donors (Lipinski definition) is 2. The standard InChI is InChI=1S/C29H30O6/c1-21-28-14-13-27(34-19-23(30)17-32-25-8-4-2-5-9-25)16-22(28)12-15-29(21)35-20-24(31)18-33-26-10-6-3-7-11-26/h2-16,23-24,30-31H,17-20H2,1H3. The third kappa shape index (κ3) is 7.12. The molecule has 0 aliphatic carbocycles. The minimum absolute atomic E-state index is 0.126. The topological polar surface area (TPSA) is 77.4 Å². The first-order chi connectivity index (χ1) is 17.1. The summed E-state index contributed by atoms with van der Waals surface area (Å²) in [5.74, 6) is 2.79. The minimum Gasteiger partial charge on any atom is -0.491 e. The highest BCUT2D eigenvalue weighted by molar-refractivity contribution is 5.88. The van der Waals surface area contributed by atoms with E-state index in [4.69, 9.17) is 18.9 Å². The molecule has 0 radical (unpaired) electrons. The van der Waals surface area contributed by atoms with Crippen molar-refractivity contribution in [2.45, 2.75) is 19.1 Å². The lowest BCUT2D eigenvalue weighted by Gasteiger charge is -2.16. The zero-order valence-electron chi connectivity index (χ0n) is 19.7. The highest BCUT2D eigenvalue weighted by atomic mass is 16.5. The molecule has 4 rings (SSSR count). The van der Waals surface area contributed by atoms with Gasteiger partial charge in [-0.3, -0.25) is 0 Å². The Labute approximate surface area is 205 Å². The van der Waals surface area contributed by atoms with E-state index in [0.717, 1.165) is 16.3 Å². The maximum atomic E-state index is 10.2. The number of aryl methyl sites for hydroxylation is 1. The van der Waals surface area contributed by atoms with Crippen LogP contribution in [0.2, 0.25) is 0 Å². The summed E-state index contributed by atoms with van der Waals surface area (Å²) in [6, 6.07) is 28.3. The lowest BCUT2D eigenvalue weighted by molar-refractivity contribution is 0.0624. The molecular weight excluding hydrogens is 444 g/mol. The molecule has 2 unspecified atom stereocenters.